The molecule has 0 heterocycles. The van der Waals surface area contributed by atoms with Gasteiger partial charge in [-0.25, -0.2) is 0 Å². The van der Waals surface area contributed by atoms with E-state index in [1.807, 2.05) is 18.7 Å². The van der Waals surface area contributed by atoms with Crippen LogP contribution in [0.1, 0.15) is 33.1 Å². The zero-order chi connectivity index (χ0) is 11.3. The Labute approximate surface area is 96.3 Å². The molecular formula is C11H21NO2S. The van der Waals surface area contributed by atoms with Crippen LogP contribution in [-0.4, -0.2) is 36.2 Å². The van der Waals surface area contributed by atoms with E-state index < -0.39 is 5.54 Å². The Morgan fingerprint density at radius 3 is 2.73 bits per heavy atom. The van der Waals surface area contributed by atoms with Gasteiger partial charge in [0.2, 0.25) is 0 Å². The van der Waals surface area contributed by atoms with E-state index >= 15 is 0 Å². The highest BCUT2D eigenvalue weighted by atomic mass is 32.2. The van der Waals surface area contributed by atoms with Gasteiger partial charge in [0, 0.05) is 6.04 Å². The van der Waals surface area contributed by atoms with Gasteiger partial charge in [-0.15, -0.1) is 0 Å². The monoisotopic (exact) mass is 231 g/mol. The summed E-state index contributed by atoms with van der Waals surface area (Å²) in [6.07, 6.45) is 3.22. The maximum absolute atomic E-state index is 11.7. The molecule has 1 saturated carbocycles. The number of carbonyl (C=O) groups is 1. The first-order chi connectivity index (χ1) is 7.12. The van der Waals surface area contributed by atoms with E-state index in [9.17, 15) is 4.79 Å². The molecule has 1 atom stereocenters. The lowest BCUT2D eigenvalue weighted by molar-refractivity contribution is -0.148. The fourth-order valence-corrected chi connectivity index (χ4v) is 2.40. The first-order valence-corrected chi connectivity index (χ1v) is 6.71. The number of hydrogen-bond donors (Lipinski definition) is 1. The Bertz CT molecular complexity index is 219. The van der Waals surface area contributed by atoms with Crippen LogP contribution in [0.3, 0.4) is 0 Å². The molecule has 1 unspecified atom stereocenters. The lowest BCUT2D eigenvalue weighted by Crippen LogP contribution is -2.51. The molecule has 1 N–H and O–H groups in total. The summed E-state index contributed by atoms with van der Waals surface area (Å²) < 4.78 is 4.86. The van der Waals surface area contributed by atoms with E-state index in [2.05, 4.69) is 12.2 Å². The van der Waals surface area contributed by atoms with Gasteiger partial charge in [-0.1, -0.05) is 6.92 Å². The van der Waals surface area contributed by atoms with Crippen molar-refractivity contribution in [3.63, 3.8) is 0 Å². The van der Waals surface area contributed by atoms with Crippen LogP contribution in [-0.2, 0) is 9.53 Å². The normalized spacial score (nSPS) is 19.7. The van der Waals surface area contributed by atoms with E-state index in [4.69, 9.17) is 4.74 Å². The Kier molecular flexibility index (Phi) is 4.93. The molecule has 1 rings (SSSR count). The molecule has 0 aliphatic heterocycles. The maximum Gasteiger partial charge on any atom is 0.325 e. The van der Waals surface area contributed by atoms with Gasteiger partial charge >= 0.3 is 5.97 Å². The molecule has 0 aromatic rings. The zero-order valence-corrected chi connectivity index (χ0v) is 10.7. The summed E-state index contributed by atoms with van der Waals surface area (Å²) >= 11 is 1.86. The largest absolute Gasteiger partial charge is 0.468 e. The number of hydrogen-bond acceptors (Lipinski definition) is 4. The minimum Gasteiger partial charge on any atom is -0.468 e. The summed E-state index contributed by atoms with van der Waals surface area (Å²) in [5.41, 5.74) is -0.488. The Balaban J connectivity index is 2.45. The van der Waals surface area contributed by atoms with Gasteiger partial charge in [-0.2, -0.15) is 11.8 Å². The SMILES string of the molecule is CCSCCC(C)(NC1CC1)C(=O)OC. The second-order valence-electron chi connectivity index (χ2n) is 4.19. The molecular weight excluding hydrogens is 210 g/mol. The number of carbonyl (C=O) groups excluding carboxylic acids is 1. The third kappa shape index (κ3) is 4.03. The van der Waals surface area contributed by atoms with Crippen molar-refractivity contribution in [2.24, 2.45) is 0 Å². The Morgan fingerprint density at radius 2 is 2.27 bits per heavy atom. The van der Waals surface area contributed by atoms with Gasteiger partial charge in [0.1, 0.15) is 5.54 Å². The molecule has 4 heteroatoms. The number of rotatable bonds is 7. The average Bonchev–Trinajstić information content (AvgIpc) is 3.00. The van der Waals surface area contributed by atoms with Crippen molar-refractivity contribution in [1.29, 1.82) is 0 Å². The third-order valence-electron chi connectivity index (χ3n) is 2.69. The summed E-state index contributed by atoms with van der Waals surface area (Å²) in [4.78, 5) is 11.7. The summed E-state index contributed by atoms with van der Waals surface area (Å²) in [6.45, 7) is 4.09. The van der Waals surface area contributed by atoms with Crippen molar-refractivity contribution in [3.8, 4) is 0 Å². The number of nitrogens with one attached hydrogen (secondary N) is 1. The standard InChI is InChI=1S/C11H21NO2S/c1-4-15-8-7-11(2,10(13)14-3)12-9-5-6-9/h9,12H,4-8H2,1-3H3. The summed E-state index contributed by atoms with van der Waals surface area (Å²) in [6, 6.07) is 0.528. The van der Waals surface area contributed by atoms with Crippen molar-refractivity contribution >= 4 is 17.7 Å². The molecule has 0 aromatic carbocycles. The van der Waals surface area contributed by atoms with Crippen molar-refractivity contribution < 1.29 is 9.53 Å². The van der Waals surface area contributed by atoms with Gasteiger partial charge in [0.05, 0.1) is 7.11 Å². The third-order valence-corrected chi connectivity index (χ3v) is 3.59. The molecule has 0 bridgehead atoms. The molecule has 0 aromatic heterocycles. The van der Waals surface area contributed by atoms with Crippen LogP contribution >= 0.6 is 11.8 Å². The highest BCUT2D eigenvalue weighted by Gasteiger charge is 2.38. The van der Waals surface area contributed by atoms with Crippen LogP contribution in [0.15, 0.2) is 0 Å². The molecule has 15 heavy (non-hydrogen) atoms. The van der Waals surface area contributed by atoms with E-state index in [-0.39, 0.29) is 5.97 Å². The molecule has 3 nitrogen and oxygen atoms in total. The van der Waals surface area contributed by atoms with E-state index in [0.717, 1.165) is 17.9 Å². The highest BCUT2D eigenvalue weighted by Crippen LogP contribution is 2.25. The fourth-order valence-electron chi connectivity index (χ4n) is 1.56. The van der Waals surface area contributed by atoms with Crippen molar-refractivity contribution in [3.05, 3.63) is 0 Å². The smallest absolute Gasteiger partial charge is 0.325 e. The van der Waals surface area contributed by atoms with Crippen LogP contribution in [0.5, 0.6) is 0 Å². The number of thioether (sulfide) groups is 1. The van der Waals surface area contributed by atoms with Crippen LogP contribution in [0.2, 0.25) is 0 Å². The predicted molar refractivity (Wildman–Crippen MR) is 64.2 cm³/mol. The Morgan fingerprint density at radius 1 is 1.60 bits per heavy atom. The molecule has 0 amide bonds. The van der Waals surface area contributed by atoms with Gasteiger partial charge in [-0.3, -0.25) is 10.1 Å². The molecule has 0 saturated heterocycles. The number of esters is 1. The van der Waals surface area contributed by atoms with E-state index in [0.29, 0.717) is 6.04 Å². The zero-order valence-electron chi connectivity index (χ0n) is 9.84. The maximum atomic E-state index is 11.7. The molecule has 1 aliphatic carbocycles. The average molecular weight is 231 g/mol. The predicted octanol–water partition coefficient (Wildman–Crippen LogP) is 1.81. The molecule has 1 fully saturated rings. The summed E-state index contributed by atoms with van der Waals surface area (Å²) in [5.74, 6) is 1.97. The minimum absolute atomic E-state index is 0.133. The first-order valence-electron chi connectivity index (χ1n) is 5.56. The van der Waals surface area contributed by atoms with E-state index in [1.54, 1.807) is 0 Å². The topological polar surface area (TPSA) is 38.3 Å². The summed E-state index contributed by atoms with van der Waals surface area (Å²) in [7, 11) is 1.46. The fraction of sp³-hybridized carbons (Fsp3) is 0.909. The van der Waals surface area contributed by atoms with E-state index in [1.165, 1.54) is 20.0 Å². The highest BCUT2D eigenvalue weighted by molar-refractivity contribution is 7.99. The van der Waals surface area contributed by atoms with Crippen molar-refractivity contribution in [1.82, 2.24) is 5.32 Å². The summed E-state index contributed by atoms with van der Waals surface area (Å²) in [5, 5.41) is 3.39. The minimum atomic E-state index is -0.488. The Hall–Kier alpha value is -0.220. The van der Waals surface area contributed by atoms with Crippen LogP contribution < -0.4 is 5.32 Å². The van der Waals surface area contributed by atoms with Gasteiger partial charge < -0.3 is 4.74 Å². The lowest BCUT2D eigenvalue weighted by atomic mass is 9.99. The first kappa shape index (κ1) is 12.8. The molecule has 88 valence electrons. The molecule has 0 radical (unpaired) electrons. The lowest BCUT2D eigenvalue weighted by Gasteiger charge is -2.28. The molecule has 1 aliphatic rings. The van der Waals surface area contributed by atoms with Crippen molar-refractivity contribution in [2.45, 2.75) is 44.7 Å². The molecule has 0 spiro atoms. The second kappa shape index (κ2) is 5.75. The second-order valence-corrected chi connectivity index (χ2v) is 5.58. The van der Waals surface area contributed by atoms with Crippen LogP contribution in [0.4, 0.5) is 0 Å². The number of methoxy groups -OCH3 is 1. The van der Waals surface area contributed by atoms with Gasteiger partial charge in [-0.05, 0) is 37.7 Å². The van der Waals surface area contributed by atoms with Gasteiger partial charge in [0.25, 0.3) is 0 Å². The van der Waals surface area contributed by atoms with Gasteiger partial charge in [0.15, 0.2) is 0 Å². The van der Waals surface area contributed by atoms with Crippen LogP contribution in [0.25, 0.3) is 0 Å². The number of ether oxygens (including phenoxy) is 1. The van der Waals surface area contributed by atoms with Crippen LogP contribution in [0, 0.1) is 0 Å². The van der Waals surface area contributed by atoms with Crippen molar-refractivity contribution in [2.75, 3.05) is 18.6 Å². The quantitative estimate of drug-likeness (QED) is 0.536.